The molecule has 1 N–H and O–H groups in total. The molecule has 2 aromatic rings. The van der Waals surface area contributed by atoms with Gasteiger partial charge in [-0.25, -0.2) is 0 Å². The van der Waals surface area contributed by atoms with E-state index in [0.29, 0.717) is 18.7 Å². The normalized spacial score (nSPS) is 21.7. The Bertz CT molecular complexity index is 904. The van der Waals surface area contributed by atoms with E-state index in [2.05, 4.69) is 22.1 Å². The van der Waals surface area contributed by atoms with Crippen LogP contribution in [0.1, 0.15) is 18.9 Å². The third-order valence-electron chi connectivity index (χ3n) is 4.03. The minimum Gasteiger partial charge on any atom is -0.324 e. The summed E-state index contributed by atoms with van der Waals surface area (Å²) in [6, 6.07) is 6.78. The Labute approximate surface area is 161 Å². The Balaban J connectivity index is 1.65. The number of alkyl halides is 1. The number of pyridine rings is 2. The van der Waals surface area contributed by atoms with Gasteiger partial charge in [0.25, 0.3) is 5.56 Å². The van der Waals surface area contributed by atoms with Crippen LogP contribution in [0.25, 0.3) is 0 Å². The van der Waals surface area contributed by atoms with E-state index in [4.69, 9.17) is 11.6 Å². The van der Waals surface area contributed by atoms with Crippen LogP contribution in [0.2, 0.25) is 0 Å². The molecule has 2 aromatic heterocycles. The molecule has 5 nitrogen and oxygen atoms in total. The van der Waals surface area contributed by atoms with Crippen LogP contribution in [0, 0.1) is 17.8 Å². The summed E-state index contributed by atoms with van der Waals surface area (Å²) >= 11 is 7.79. The van der Waals surface area contributed by atoms with Crippen molar-refractivity contribution >= 4 is 35.0 Å². The van der Waals surface area contributed by atoms with Gasteiger partial charge in [0.2, 0.25) is 5.91 Å². The number of hydrogen-bond donors (Lipinski definition) is 1. The first-order chi connectivity index (χ1) is 12.6. The Hall–Kier alpha value is -2.23. The molecular formula is C19H18ClN3O2S. The third-order valence-corrected chi connectivity index (χ3v) is 5.96. The van der Waals surface area contributed by atoms with Gasteiger partial charge < -0.3 is 9.88 Å². The lowest BCUT2D eigenvalue weighted by Crippen LogP contribution is -2.25. The first-order valence-corrected chi connectivity index (χ1v) is 9.67. The average molecular weight is 388 g/mol. The van der Waals surface area contributed by atoms with Crippen LogP contribution in [0.4, 0.5) is 5.69 Å². The predicted molar refractivity (Wildman–Crippen MR) is 105 cm³/mol. The maximum Gasteiger partial charge on any atom is 0.250 e. The summed E-state index contributed by atoms with van der Waals surface area (Å²) < 4.78 is 1.31. The van der Waals surface area contributed by atoms with Gasteiger partial charge in [-0.2, -0.15) is 0 Å². The summed E-state index contributed by atoms with van der Waals surface area (Å²) in [7, 11) is 0. The fraction of sp³-hybridized carbons (Fsp3) is 0.316. The quantitative estimate of drug-likeness (QED) is 0.649. The van der Waals surface area contributed by atoms with Crippen molar-refractivity contribution in [3.63, 3.8) is 0 Å². The molecule has 0 spiro atoms. The van der Waals surface area contributed by atoms with E-state index >= 15 is 0 Å². The van der Waals surface area contributed by atoms with Crippen molar-refractivity contribution in [1.82, 2.24) is 9.55 Å². The summed E-state index contributed by atoms with van der Waals surface area (Å²) in [5.41, 5.74) is 1.34. The average Bonchev–Trinajstić information content (AvgIpc) is 3.03. The minimum absolute atomic E-state index is 0.0674. The van der Waals surface area contributed by atoms with Crippen LogP contribution in [0.5, 0.6) is 0 Å². The highest BCUT2D eigenvalue weighted by molar-refractivity contribution is 8.02. The fourth-order valence-electron chi connectivity index (χ4n) is 2.63. The van der Waals surface area contributed by atoms with Crippen molar-refractivity contribution in [2.45, 2.75) is 29.8 Å². The number of aryl methyl sites for hydroxylation is 1. The molecule has 1 aliphatic heterocycles. The van der Waals surface area contributed by atoms with Gasteiger partial charge in [-0.15, -0.1) is 23.4 Å². The lowest BCUT2D eigenvalue weighted by molar-refractivity contribution is -0.115. The lowest BCUT2D eigenvalue weighted by atomic mass is 10.1. The molecule has 3 atom stereocenters. The molecule has 1 aliphatic rings. The van der Waals surface area contributed by atoms with Crippen molar-refractivity contribution in [3.8, 4) is 11.8 Å². The second-order valence-corrected chi connectivity index (χ2v) is 7.94. The molecule has 3 unspecified atom stereocenters. The molecule has 3 rings (SSSR count). The summed E-state index contributed by atoms with van der Waals surface area (Å²) in [5.74, 6) is 6.04. The van der Waals surface area contributed by atoms with Gasteiger partial charge in [0.1, 0.15) is 0 Å². The fourth-order valence-corrected chi connectivity index (χ4v) is 4.35. The zero-order valence-electron chi connectivity index (χ0n) is 14.2. The molecule has 0 saturated carbocycles. The highest BCUT2D eigenvalue weighted by Gasteiger charge is 2.36. The number of hydrogen-bond acceptors (Lipinski definition) is 4. The molecule has 1 fully saturated rings. The first-order valence-electron chi connectivity index (χ1n) is 8.29. The SMILES string of the molecule is CCn1cc(NC(=O)C2CC(C#Cc3cccnc3)C(Cl)S2)ccc1=O. The van der Waals surface area contributed by atoms with Gasteiger partial charge in [-0.05, 0) is 31.5 Å². The van der Waals surface area contributed by atoms with E-state index in [9.17, 15) is 9.59 Å². The number of amides is 1. The van der Waals surface area contributed by atoms with Crippen molar-refractivity contribution in [2.75, 3.05) is 5.32 Å². The van der Waals surface area contributed by atoms with Crippen LogP contribution in [0.3, 0.4) is 0 Å². The van der Waals surface area contributed by atoms with Crippen LogP contribution >= 0.6 is 23.4 Å². The van der Waals surface area contributed by atoms with Crippen LogP contribution in [-0.2, 0) is 11.3 Å². The monoisotopic (exact) mass is 387 g/mol. The number of anilines is 1. The second kappa shape index (κ2) is 8.43. The Morgan fingerprint density at radius 2 is 2.31 bits per heavy atom. The molecule has 0 radical (unpaired) electrons. The van der Waals surface area contributed by atoms with Crippen LogP contribution < -0.4 is 10.9 Å². The minimum atomic E-state index is -0.271. The molecular weight excluding hydrogens is 370 g/mol. The van der Waals surface area contributed by atoms with Gasteiger partial charge >= 0.3 is 0 Å². The number of thioether (sulfide) groups is 1. The largest absolute Gasteiger partial charge is 0.324 e. The zero-order chi connectivity index (χ0) is 18.5. The summed E-state index contributed by atoms with van der Waals surface area (Å²) in [6.45, 7) is 2.43. The number of nitrogens with zero attached hydrogens (tertiary/aromatic N) is 2. The summed E-state index contributed by atoms with van der Waals surface area (Å²) in [5, 5.41) is 2.59. The van der Waals surface area contributed by atoms with E-state index in [1.165, 1.54) is 17.8 Å². The van der Waals surface area contributed by atoms with Crippen molar-refractivity contribution in [3.05, 3.63) is 58.8 Å². The van der Waals surface area contributed by atoms with E-state index in [1.807, 2.05) is 19.1 Å². The van der Waals surface area contributed by atoms with E-state index < -0.39 is 0 Å². The molecule has 26 heavy (non-hydrogen) atoms. The van der Waals surface area contributed by atoms with Gasteiger partial charge in [0.15, 0.2) is 0 Å². The standard InChI is InChI=1S/C19H18ClN3O2S/c1-2-23-12-15(7-8-17(23)24)22-19(25)16-10-14(18(20)26-16)6-5-13-4-3-9-21-11-13/h3-4,7-9,11-12,14,16,18H,2,10H2,1H3,(H,22,25). The highest BCUT2D eigenvalue weighted by Crippen LogP contribution is 2.41. The maximum absolute atomic E-state index is 12.5. The Morgan fingerprint density at radius 3 is 3.04 bits per heavy atom. The zero-order valence-corrected chi connectivity index (χ0v) is 15.8. The molecule has 0 aliphatic carbocycles. The van der Waals surface area contributed by atoms with Crippen molar-refractivity contribution in [2.24, 2.45) is 5.92 Å². The molecule has 3 heterocycles. The topological polar surface area (TPSA) is 64.0 Å². The molecule has 0 bridgehead atoms. The molecule has 1 amide bonds. The van der Waals surface area contributed by atoms with E-state index in [1.54, 1.807) is 29.2 Å². The number of carbonyl (C=O) groups is 1. The third kappa shape index (κ3) is 4.48. The second-order valence-electron chi connectivity index (χ2n) is 5.86. The number of nitrogens with one attached hydrogen (secondary N) is 1. The number of carbonyl (C=O) groups excluding carboxylic acids is 1. The van der Waals surface area contributed by atoms with Crippen LogP contribution in [0.15, 0.2) is 47.7 Å². The Kier molecular flexibility index (Phi) is 6.02. The summed E-state index contributed by atoms with van der Waals surface area (Å²) in [4.78, 5) is 28.2. The number of rotatable bonds is 3. The molecule has 7 heteroatoms. The van der Waals surface area contributed by atoms with E-state index in [0.717, 1.165) is 5.56 Å². The molecule has 134 valence electrons. The van der Waals surface area contributed by atoms with Gasteiger partial charge in [-0.3, -0.25) is 14.6 Å². The van der Waals surface area contributed by atoms with Crippen molar-refractivity contribution in [1.29, 1.82) is 0 Å². The predicted octanol–water partition coefficient (Wildman–Crippen LogP) is 2.94. The van der Waals surface area contributed by atoms with Crippen LogP contribution in [-0.4, -0.2) is 25.4 Å². The molecule has 1 saturated heterocycles. The van der Waals surface area contributed by atoms with Crippen molar-refractivity contribution < 1.29 is 4.79 Å². The van der Waals surface area contributed by atoms with Gasteiger partial charge in [0, 0.05) is 42.7 Å². The Morgan fingerprint density at radius 1 is 1.46 bits per heavy atom. The van der Waals surface area contributed by atoms with Gasteiger partial charge in [0.05, 0.1) is 15.6 Å². The highest BCUT2D eigenvalue weighted by atomic mass is 35.5. The number of halogens is 1. The van der Waals surface area contributed by atoms with Gasteiger partial charge in [-0.1, -0.05) is 11.8 Å². The first kappa shape index (κ1) is 18.6. The van der Waals surface area contributed by atoms with E-state index in [-0.39, 0.29) is 27.3 Å². The smallest absolute Gasteiger partial charge is 0.250 e. The molecule has 0 aromatic carbocycles. The number of aromatic nitrogens is 2. The maximum atomic E-state index is 12.5. The lowest BCUT2D eigenvalue weighted by Gasteiger charge is -2.11. The summed E-state index contributed by atoms with van der Waals surface area (Å²) in [6.07, 6.45) is 5.64.